The Hall–Kier alpha value is -3.29. The highest BCUT2D eigenvalue weighted by Crippen LogP contribution is 2.23. The van der Waals surface area contributed by atoms with Gasteiger partial charge in [0.05, 0.1) is 13.2 Å². The molecule has 0 saturated heterocycles. The molecular formula is C14H10N2O6. The normalized spacial score (nSPS) is 10.6. The highest BCUT2D eigenvalue weighted by Gasteiger charge is 2.15. The molecule has 1 aromatic carbocycles. The lowest BCUT2D eigenvalue weighted by Gasteiger charge is -2.01. The molecule has 2 heterocycles. The van der Waals surface area contributed by atoms with Gasteiger partial charge in [-0.15, -0.1) is 0 Å². The van der Waals surface area contributed by atoms with E-state index in [1.165, 1.54) is 19.2 Å². The number of furan rings is 1. The standard InChI is InChI=1S/C14H10N2O6/c1-20-12-6-10(22-16-12)13(17)15-8-2-3-9-7(4-8)5-11(21-9)14(18)19/h2-6H,1H3,(H,15,17)(H,18,19). The highest BCUT2D eigenvalue weighted by molar-refractivity contribution is 6.03. The number of nitrogens with zero attached hydrogens (tertiary/aromatic N) is 1. The summed E-state index contributed by atoms with van der Waals surface area (Å²) in [5.74, 6) is -1.64. The van der Waals surface area contributed by atoms with Gasteiger partial charge in [0.15, 0.2) is 0 Å². The lowest BCUT2D eigenvalue weighted by Crippen LogP contribution is -2.10. The van der Waals surface area contributed by atoms with Gasteiger partial charge in [-0.25, -0.2) is 4.79 Å². The van der Waals surface area contributed by atoms with Crippen molar-refractivity contribution in [3.05, 3.63) is 41.9 Å². The molecule has 8 heteroatoms. The molecule has 0 bridgehead atoms. The van der Waals surface area contributed by atoms with E-state index in [-0.39, 0.29) is 17.4 Å². The number of anilines is 1. The molecule has 0 saturated carbocycles. The van der Waals surface area contributed by atoms with Gasteiger partial charge in [0.25, 0.3) is 11.8 Å². The third-order valence-electron chi connectivity index (χ3n) is 2.91. The molecule has 1 amide bonds. The zero-order valence-electron chi connectivity index (χ0n) is 11.3. The first kappa shape index (κ1) is 13.7. The molecule has 0 aliphatic carbocycles. The van der Waals surface area contributed by atoms with Gasteiger partial charge in [0.1, 0.15) is 5.58 Å². The minimum absolute atomic E-state index is 0.00429. The van der Waals surface area contributed by atoms with Crippen LogP contribution >= 0.6 is 0 Å². The van der Waals surface area contributed by atoms with E-state index < -0.39 is 11.9 Å². The zero-order chi connectivity index (χ0) is 15.7. The number of fused-ring (bicyclic) bond motifs is 1. The molecule has 0 radical (unpaired) electrons. The molecular weight excluding hydrogens is 292 g/mol. The van der Waals surface area contributed by atoms with Gasteiger partial charge in [-0.3, -0.25) is 4.79 Å². The summed E-state index contributed by atoms with van der Waals surface area (Å²) in [5.41, 5.74) is 0.877. The number of carbonyl (C=O) groups excluding carboxylic acids is 1. The van der Waals surface area contributed by atoms with Gasteiger partial charge in [0, 0.05) is 11.1 Å². The van der Waals surface area contributed by atoms with Crippen molar-refractivity contribution in [3.8, 4) is 5.88 Å². The van der Waals surface area contributed by atoms with E-state index in [0.29, 0.717) is 16.7 Å². The average molecular weight is 302 g/mol. The number of carbonyl (C=O) groups is 2. The first-order valence-electron chi connectivity index (χ1n) is 6.16. The summed E-state index contributed by atoms with van der Waals surface area (Å²) >= 11 is 0. The van der Waals surface area contributed by atoms with Crippen LogP contribution in [-0.4, -0.2) is 29.2 Å². The van der Waals surface area contributed by atoms with Gasteiger partial charge >= 0.3 is 5.97 Å². The average Bonchev–Trinajstić information content (AvgIpc) is 3.13. The van der Waals surface area contributed by atoms with Crippen LogP contribution in [0.4, 0.5) is 5.69 Å². The molecule has 112 valence electrons. The van der Waals surface area contributed by atoms with E-state index in [2.05, 4.69) is 10.5 Å². The van der Waals surface area contributed by atoms with Crippen LogP contribution in [0, 0.1) is 0 Å². The minimum atomic E-state index is -1.16. The molecule has 0 aliphatic rings. The van der Waals surface area contributed by atoms with Crippen molar-refractivity contribution in [1.29, 1.82) is 0 Å². The van der Waals surface area contributed by atoms with Crippen molar-refractivity contribution in [2.45, 2.75) is 0 Å². The van der Waals surface area contributed by atoms with Crippen LogP contribution in [-0.2, 0) is 0 Å². The molecule has 2 N–H and O–H groups in total. The second kappa shape index (κ2) is 5.24. The van der Waals surface area contributed by atoms with Gasteiger partial charge < -0.3 is 24.1 Å². The van der Waals surface area contributed by atoms with Crippen LogP contribution in [0.1, 0.15) is 21.1 Å². The van der Waals surface area contributed by atoms with Crippen LogP contribution in [0.3, 0.4) is 0 Å². The van der Waals surface area contributed by atoms with Crippen LogP contribution in [0.2, 0.25) is 0 Å². The van der Waals surface area contributed by atoms with Crippen LogP contribution in [0.25, 0.3) is 11.0 Å². The van der Waals surface area contributed by atoms with E-state index >= 15 is 0 Å². The largest absolute Gasteiger partial charge is 0.479 e. The van der Waals surface area contributed by atoms with Gasteiger partial charge in [-0.05, 0) is 29.4 Å². The Morgan fingerprint density at radius 1 is 1.23 bits per heavy atom. The molecule has 0 aliphatic heterocycles. The van der Waals surface area contributed by atoms with E-state index in [1.807, 2.05) is 0 Å². The van der Waals surface area contributed by atoms with Crippen LogP contribution in [0.5, 0.6) is 5.88 Å². The topological polar surface area (TPSA) is 115 Å². The molecule has 2 aromatic heterocycles. The maximum Gasteiger partial charge on any atom is 0.371 e. The Balaban J connectivity index is 1.84. The molecule has 8 nitrogen and oxygen atoms in total. The Labute approximate surface area is 123 Å². The quantitative estimate of drug-likeness (QED) is 0.760. The molecule has 3 aromatic rings. The molecule has 22 heavy (non-hydrogen) atoms. The number of ether oxygens (including phenoxy) is 1. The Bertz CT molecular complexity index is 863. The number of carboxylic acids is 1. The lowest BCUT2D eigenvalue weighted by molar-refractivity contribution is 0.0665. The maximum atomic E-state index is 12.0. The van der Waals surface area contributed by atoms with Crippen molar-refractivity contribution in [2.75, 3.05) is 12.4 Å². The number of rotatable bonds is 4. The van der Waals surface area contributed by atoms with Gasteiger partial charge in [0.2, 0.25) is 11.5 Å². The van der Waals surface area contributed by atoms with Crippen LogP contribution < -0.4 is 10.1 Å². The fraction of sp³-hybridized carbons (Fsp3) is 0.0714. The summed E-state index contributed by atoms with van der Waals surface area (Å²) in [6, 6.07) is 7.48. The fourth-order valence-corrected chi connectivity index (χ4v) is 1.88. The number of aromatic carboxylic acids is 1. The van der Waals surface area contributed by atoms with Crippen molar-refractivity contribution in [1.82, 2.24) is 5.16 Å². The highest BCUT2D eigenvalue weighted by atomic mass is 16.5. The van der Waals surface area contributed by atoms with Gasteiger partial charge in [-0.1, -0.05) is 0 Å². The summed E-state index contributed by atoms with van der Waals surface area (Å²) in [4.78, 5) is 22.8. The molecule has 0 unspecified atom stereocenters. The van der Waals surface area contributed by atoms with E-state index in [4.69, 9.17) is 18.8 Å². The van der Waals surface area contributed by atoms with Gasteiger partial charge in [-0.2, -0.15) is 0 Å². The number of methoxy groups -OCH3 is 1. The second-order valence-corrected chi connectivity index (χ2v) is 4.36. The number of hydrogen-bond donors (Lipinski definition) is 2. The number of amides is 1. The number of carboxylic acid groups (broad SMARTS) is 1. The molecule has 3 rings (SSSR count). The summed E-state index contributed by atoms with van der Waals surface area (Å²) in [6.07, 6.45) is 0. The summed E-state index contributed by atoms with van der Waals surface area (Å²) in [5, 5.41) is 15.6. The van der Waals surface area contributed by atoms with Crippen molar-refractivity contribution in [3.63, 3.8) is 0 Å². The third-order valence-corrected chi connectivity index (χ3v) is 2.91. The van der Waals surface area contributed by atoms with E-state index in [0.717, 1.165) is 0 Å². The number of hydrogen-bond acceptors (Lipinski definition) is 6. The first-order valence-corrected chi connectivity index (χ1v) is 6.16. The first-order chi connectivity index (χ1) is 10.6. The fourth-order valence-electron chi connectivity index (χ4n) is 1.88. The lowest BCUT2D eigenvalue weighted by atomic mass is 10.2. The third kappa shape index (κ3) is 2.49. The molecule has 0 fully saturated rings. The zero-order valence-corrected chi connectivity index (χ0v) is 11.3. The summed E-state index contributed by atoms with van der Waals surface area (Å²) < 4.78 is 14.8. The Morgan fingerprint density at radius 3 is 2.73 bits per heavy atom. The van der Waals surface area contributed by atoms with Crippen molar-refractivity contribution < 1.29 is 28.4 Å². The van der Waals surface area contributed by atoms with Crippen molar-refractivity contribution >= 4 is 28.5 Å². The predicted octanol–water partition coefficient (Wildman–Crippen LogP) is 2.38. The summed E-state index contributed by atoms with van der Waals surface area (Å²) in [6.45, 7) is 0. The predicted molar refractivity (Wildman–Crippen MR) is 74.2 cm³/mol. The summed E-state index contributed by atoms with van der Waals surface area (Å²) in [7, 11) is 1.41. The van der Waals surface area contributed by atoms with E-state index in [9.17, 15) is 9.59 Å². The van der Waals surface area contributed by atoms with Crippen LogP contribution in [0.15, 0.2) is 39.3 Å². The monoisotopic (exact) mass is 302 g/mol. The van der Waals surface area contributed by atoms with Crippen molar-refractivity contribution in [2.24, 2.45) is 0 Å². The number of aromatic nitrogens is 1. The molecule has 0 spiro atoms. The number of benzene rings is 1. The number of nitrogens with one attached hydrogen (secondary N) is 1. The Morgan fingerprint density at radius 2 is 2.05 bits per heavy atom. The SMILES string of the molecule is COc1cc(C(=O)Nc2ccc3oc(C(=O)O)cc3c2)on1. The smallest absolute Gasteiger partial charge is 0.371 e. The second-order valence-electron chi connectivity index (χ2n) is 4.36. The Kier molecular flexibility index (Phi) is 3.26. The maximum absolute atomic E-state index is 12.0. The minimum Gasteiger partial charge on any atom is -0.479 e. The molecule has 0 atom stereocenters. The van der Waals surface area contributed by atoms with E-state index in [1.54, 1.807) is 18.2 Å².